The molecule has 1 aliphatic carbocycles. The van der Waals surface area contributed by atoms with Crippen LogP contribution in [0.4, 0.5) is 0 Å². The molecule has 19 heavy (non-hydrogen) atoms. The molecule has 0 radical (unpaired) electrons. The first-order chi connectivity index (χ1) is 9.19. The van der Waals surface area contributed by atoms with Gasteiger partial charge in [0.05, 0.1) is 0 Å². The van der Waals surface area contributed by atoms with Crippen molar-refractivity contribution in [1.82, 2.24) is 14.7 Å². The zero-order valence-electron chi connectivity index (χ0n) is 11.9. The molecular weight excluding hydrogens is 240 g/mol. The maximum Gasteiger partial charge on any atom is 0.272 e. The average Bonchev–Trinajstić information content (AvgIpc) is 2.86. The third-order valence-corrected chi connectivity index (χ3v) is 4.21. The number of hydrogen-bond donors (Lipinski definition) is 1. The van der Waals surface area contributed by atoms with E-state index in [1.807, 2.05) is 18.9 Å². The Balaban J connectivity index is 2.19. The van der Waals surface area contributed by atoms with Crippen LogP contribution in [0.15, 0.2) is 12.3 Å². The molecule has 0 saturated heterocycles. The summed E-state index contributed by atoms with van der Waals surface area (Å²) in [6.07, 6.45) is 6.30. The van der Waals surface area contributed by atoms with Crippen LogP contribution in [0.25, 0.3) is 0 Å². The van der Waals surface area contributed by atoms with Crippen molar-refractivity contribution < 1.29 is 4.79 Å². The monoisotopic (exact) mass is 264 g/mol. The molecule has 2 N–H and O–H groups in total. The summed E-state index contributed by atoms with van der Waals surface area (Å²) < 4.78 is 1.64. The first-order valence-corrected chi connectivity index (χ1v) is 7.18. The number of hydrogen-bond acceptors (Lipinski definition) is 3. The number of aromatic nitrogens is 2. The van der Waals surface area contributed by atoms with Crippen LogP contribution in [0, 0.1) is 5.92 Å². The molecule has 1 heterocycles. The van der Waals surface area contributed by atoms with Crippen molar-refractivity contribution in [2.24, 2.45) is 18.7 Å². The van der Waals surface area contributed by atoms with Gasteiger partial charge in [0, 0.05) is 25.8 Å². The van der Waals surface area contributed by atoms with E-state index in [1.54, 1.807) is 16.9 Å². The lowest BCUT2D eigenvalue weighted by molar-refractivity contribution is 0.0549. The van der Waals surface area contributed by atoms with Crippen LogP contribution in [0.1, 0.15) is 43.1 Å². The molecule has 0 aromatic carbocycles. The van der Waals surface area contributed by atoms with Crippen LogP contribution >= 0.6 is 0 Å². The second kappa shape index (κ2) is 6.19. The van der Waals surface area contributed by atoms with E-state index in [2.05, 4.69) is 5.10 Å². The molecule has 0 aliphatic heterocycles. The zero-order chi connectivity index (χ0) is 13.8. The largest absolute Gasteiger partial charge is 0.334 e. The molecule has 1 aromatic heterocycles. The summed E-state index contributed by atoms with van der Waals surface area (Å²) in [5, 5.41) is 4.08. The Bertz CT molecular complexity index is 429. The topological polar surface area (TPSA) is 64.2 Å². The summed E-state index contributed by atoms with van der Waals surface area (Å²) in [6.45, 7) is 3.43. The van der Waals surface area contributed by atoms with E-state index in [-0.39, 0.29) is 11.9 Å². The maximum atomic E-state index is 12.6. The van der Waals surface area contributed by atoms with Gasteiger partial charge in [-0.15, -0.1) is 0 Å². The molecule has 2 rings (SSSR count). The van der Waals surface area contributed by atoms with Crippen molar-refractivity contribution in [1.29, 1.82) is 0 Å². The quantitative estimate of drug-likeness (QED) is 0.894. The minimum absolute atomic E-state index is 0.0767. The molecule has 1 aliphatic rings. The van der Waals surface area contributed by atoms with Crippen molar-refractivity contribution >= 4 is 5.91 Å². The van der Waals surface area contributed by atoms with Gasteiger partial charge in [-0.2, -0.15) is 5.10 Å². The van der Waals surface area contributed by atoms with E-state index >= 15 is 0 Å². The summed E-state index contributed by atoms with van der Waals surface area (Å²) in [5.41, 5.74) is 6.54. The normalized spacial score (nSPS) is 23.3. The zero-order valence-corrected chi connectivity index (χ0v) is 11.9. The Morgan fingerprint density at radius 3 is 2.84 bits per heavy atom. The smallest absolute Gasteiger partial charge is 0.272 e. The van der Waals surface area contributed by atoms with Gasteiger partial charge in [0.15, 0.2) is 0 Å². The van der Waals surface area contributed by atoms with E-state index in [9.17, 15) is 4.79 Å². The molecule has 1 saturated carbocycles. The highest BCUT2D eigenvalue weighted by Crippen LogP contribution is 2.28. The number of aryl methyl sites for hydroxylation is 1. The van der Waals surface area contributed by atoms with Crippen LogP contribution in [0.2, 0.25) is 0 Å². The first-order valence-electron chi connectivity index (χ1n) is 7.18. The van der Waals surface area contributed by atoms with Gasteiger partial charge in [-0.25, -0.2) is 0 Å². The predicted octanol–water partition coefficient (Wildman–Crippen LogP) is 1.40. The Hall–Kier alpha value is -1.36. The highest BCUT2D eigenvalue weighted by molar-refractivity contribution is 5.92. The molecule has 1 fully saturated rings. The Labute approximate surface area is 114 Å². The van der Waals surface area contributed by atoms with Gasteiger partial charge in [-0.05, 0) is 38.3 Å². The fourth-order valence-electron chi connectivity index (χ4n) is 3.13. The molecule has 5 heteroatoms. The second-order valence-electron chi connectivity index (χ2n) is 5.28. The van der Waals surface area contributed by atoms with Crippen LogP contribution in [0.3, 0.4) is 0 Å². The molecule has 2 atom stereocenters. The fraction of sp³-hybridized carbons (Fsp3) is 0.714. The highest BCUT2D eigenvalue weighted by atomic mass is 16.2. The molecule has 1 aromatic rings. The number of rotatable bonds is 4. The molecule has 1 amide bonds. The summed E-state index contributed by atoms with van der Waals surface area (Å²) >= 11 is 0. The molecule has 0 bridgehead atoms. The highest BCUT2D eigenvalue weighted by Gasteiger charge is 2.32. The number of nitrogens with two attached hydrogens (primary N) is 1. The Kier molecular flexibility index (Phi) is 4.58. The average molecular weight is 264 g/mol. The van der Waals surface area contributed by atoms with Gasteiger partial charge >= 0.3 is 0 Å². The van der Waals surface area contributed by atoms with Gasteiger partial charge < -0.3 is 10.6 Å². The van der Waals surface area contributed by atoms with Crippen LogP contribution in [-0.4, -0.2) is 39.7 Å². The summed E-state index contributed by atoms with van der Waals surface area (Å²) in [7, 11) is 1.81. The van der Waals surface area contributed by atoms with E-state index in [4.69, 9.17) is 5.73 Å². The standard InChI is InChI=1S/C14H24N4O/c1-3-18(12-7-5-4-6-11(12)10-15)14(19)13-8-9-16-17(13)2/h8-9,11-12H,3-7,10,15H2,1-2H3. The fourth-order valence-corrected chi connectivity index (χ4v) is 3.13. The first kappa shape index (κ1) is 14.1. The van der Waals surface area contributed by atoms with E-state index < -0.39 is 0 Å². The van der Waals surface area contributed by atoms with Crippen molar-refractivity contribution in [3.8, 4) is 0 Å². The third-order valence-electron chi connectivity index (χ3n) is 4.21. The minimum Gasteiger partial charge on any atom is -0.334 e. The third kappa shape index (κ3) is 2.81. The molecular formula is C14H24N4O. The lowest BCUT2D eigenvalue weighted by Gasteiger charge is -2.39. The van der Waals surface area contributed by atoms with Crippen LogP contribution in [-0.2, 0) is 7.05 Å². The molecule has 5 nitrogen and oxygen atoms in total. The van der Waals surface area contributed by atoms with Crippen LogP contribution in [0.5, 0.6) is 0 Å². The van der Waals surface area contributed by atoms with Crippen molar-refractivity contribution in [2.75, 3.05) is 13.1 Å². The van der Waals surface area contributed by atoms with Gasteiger partial charge in [0.25, 0.3) is 5.91 Å². The van der Waals surface area contributed by atoms with E-state index in [0.29, 0.717) is 18.2 Å². The number of nitrogens with zero attached hydrogens (tertiary/aromatic N) is 3. The number of carbonyl (C=O) groups is 1. The van der Waals surface area contributed by atoms with Crippen molar-refractivity contribution in [3.05, 3.63) is 18.0 Å². The van der Waals surface area contributed by atoms with Gasteiger partial charge in [0.2, 0.25) is 0 Å². The van der Waals surface area contributed by atoms with Crippen molar-refractivity contribution in [3.63, 3.8) is 0 Å². The maximum absolute atomic E-state index is 12.6. The number of carbonyl (C=O) groups excluding carboxylic acids is 1. The Morgan fingerprint density at radius 1 is 1.53 bits per heavy atom. The molecule has 2 unspecified atom stereocenters. The lowest BCUT2D eigenvalue weighted by atomic mass is 9.83. The minimum atomic E-state index is 0.0767. The lowest BCUT2D eigenvalue weighted by Crippen LogP contribution is -2.48. The van der Waals surface area contributed by atoms with E-state index in [0.717, 1.165) is 19.4 Å². The SMILES string of the molecule is CCN(C(=O)c1ccnn1C)C1CCCCC1CN. The molecule has 0 spiro atoms. The van der Waals surface area contributed by atoms with Gasteiger partial charge in [0.1, 0.15) is 5.69 Å². The predicted molar refractivity (Wildman–Crippen MR) is 74.7 cm³/mol. The summed E-state index contributed by atoms with van der Waals surface area (Å²) in [6, 6.07) is 2.07. The summed E-state index contributed by atoms with van der Waals surface area (Å²) in [5.74, 6) is 0.513. The molecule has 106 valence electrons. The van der Waals surface area contributed by atoms with Gasteiger partial charge in [-0.3, -0.25) is 9.48 Å². The van der Waals surface area contributed by atoms with Crippen molar-refractivity contribution in [2.45, 2.75) is 38.6 Å². The van der Waals surface area contributed by atoms with Crippen LogP contribution < -0.4 is 5.73 Å². The Morgan fingerprint density at radius 2 is 2.26 bits per heavy atom. The number of amides is 1. The summed E-state index contributed by atoms with van der Waals surface area (Å²) in [4.78, 5) is 14.6. The van der Waals surface area contributed by atoms with E-state index in [1.165, 1.54) is 12.8 Å². The van der Waals surface area contributed by atoms with Gasteiger partial charge in [-0.1, -0.05) is 12.8 Å². The second-order valence-corrected chi connectivity index (χ2v) is 5.28.